The number of fused-ring (bicyclic) bond motifs is 1. The zero-order valence-electron chi connectivity index (χ0n) is 16.8. The second-order valence-corrected chi connectivity index (χ2v) is 6.31. The van der Waals surface area contributed by atoms with E-state index in [1.54, 1.807) is 7.11 Å². The summed E-state index contributed by atoms with van der Waals surface area (Å²) in [6, 6.07) is 15.0. The molecule has 2 heteroatoms. The Morgan fingerprint density at radius 3 is 2.42 bits per heavy atom. The molecule has 0 N–H and O–H groups in total. The Morgan fingerprint density at radius 2 is 1.77 bits per heavy atom. The van der Waals surface area contributed by atoms with Gasteiger partial charge in [0.25, 0.3) is 0 Å². The van der Waals surface area contributed by atoms with E-state index in [0.717, 1.165) is 25.1 Å². The molecule has 26 heavy (non-hydrogen) atoms. The molecule has 0 atom stereocenters. The Kier molecular flexibility index (Phi) is 7.53. The number of anilines is 1. The summed E-state index contributed by atoms with van der Waals surface area (Å²) in [5.74, 6) is 0.930. The summed E-state index contributed by atoms with van der Waals surface area (Å²) in [4.78, 5) is 2.29. The molecule has 2 nitrogen and oxygen atoms in total. The first kappa shape index (κ1) is 19.8. The summed E-state index contributed by atoms with van der Waals surface area (Å²) in [5.41, 5.74) is 6.48. The molecule has 1 aliphatic carbocycles. The van der Waals surface area contributed by atoms with E-state index in [4.69, 9.17) is 4.74 Å². The highest BCUT2D eigenvalue weighted by molar-refractivity contribution is 5.70. The predicted octanol–water partition coefficient (Wildman–Crippen LogP) is 6.22. The number of benzene rings is 2. The third-order valence-electron chi connectivity index (χ3n) is 4.47. The summed E-state index contributed by atoms with van der Waals surface area (Å²) in [6.45, 7) is 7.29. The second-order valence-electron chi connectivity index (χ2n) is 6.31. The first-order chi connectivity index (χ1) is 12.7. The highest BCUT2D eigenvalue weighted by Crippen LogP contribution is 2.29. The average molecular weight is 350 g/mol. The summed E-state index contributed by atoms with van der Waals surface area (Å²) >= 11 is 0. The highest BCUT2D eigenvalue weighted by atomic mass is 16.5. The van der Waals surface area contributed by atoms with E-state index in [2.05, 4.69) is 73.5 Å². The fourth-order valence-electron chi connectivity index (χ4n) is 3.09. The first-order valence-corrected chi connectivity index (χ1v) is 9.56. The van der Waals surface area contributed by atoms with Crippen LogP contribution in [0, 0.1) is 0 Å². The molecule has 2 aromatic carbocycles. The molecule has 1 aliphatic rings. The minimum absolute atomic E-state index is 0.930. The number of rotatable bonds is 6. The molecule has 0 spiro atoms. The maximum Gasteiger partial charge on any atom is 0.119 e. The Hall–Kier alpha value is -2.48. The third-order valence-corrected chi connectivity index (χ3v) is 4.47. The van der Waals surface area contributed by atoms with Gasteiger partial charge in [-0.2, -0.15) is 0 Å². The Morgan fingerprint density at radius 1 is 1.04 bits per heavy atom. The van der Waals surface area contributed by atoms with Gasteiger partial charge in [0.15, 0.2) is 0 Å². The molecule has 0 amide bonds. The summed E-state index contributed by atoms with van der Waals surface area (Å²) in [7, 11) is 3.86. The van der Waals surface area contributed by atoms with Crippen molar-refractivity contribution < 1.29 is 4.74 Å². The van der Waals surface area contributed by atoms with Crippen LogP contribution < -0.4 is 9.64 Å². The molecular formula is C24H31NO. The van der Waals surface area contributed by atoms with Gasteiger partial charge in [0.05, 0.1) is 7.11 Å². The molecule has 0 aromatic heterocycles. The summed E-state index contributed by atoms with van der Waals surface area (Å²) in [6.07, 6.45) is 8.81. The maximum atomic E-state index is 5.31. The lowest BCUT2D eigenvalue weighted by molar-refractivity contribution is 0.414. The van der Waals surface area contributed by atoms with Crippen LogP contribution >= 0.6 is 0 Å². The SMILES string of the molecule is CC.CCCN(C)c1ccc(/C=C/C2=Cc3ccc(OC)cc3C2)cc1. The van der Waals surface area contributed by atoms with Crippen LogP contribution in [0.4, 0.5) is 5.69 Å². The minimum Gasteiger partial charge on any atom is -0.497 e. The second kappa shape index (κ2) is 9.86. The fourth-order valence-corrected chi connectivity index (χ4v) is 3.09. The molecule has 0 heterocycles. The zero-order valence-corrected chi connectivity index (χ0v) is 16.8. The molecular weight excluding hydrogens is 318 g/mol. The highest BCUT2D eigenvalue weighted by Gasteiger charge is 2.11. The smallest absolute Gasteiger partial charge is 0.119 e. The molecule has 0 bridgehead atoms. The number of hydrogen-bond donors (Lipinski definition) is 0. The number of ether oxygens (including phenoxy) is 1. The largest absolute Gasteiger partial charge is 0.497 e. The van der Waals surface area contributed by atoms with Crippen molar-refractivity contribution in [2.45, 2.75) is 33.6 Å². The molecule has 3 rings (SSSR count). The molecule has 0 unspecified atom stereocenters. The van der Waals surface area contributed by atoms with Crippen molar-refractivity contribution in [2.24, 2.45) is 0 Å². The summed E-state index contributed by atoms with van der Waals surface area (Å²) in [5, 5.41) is 0. The average Bonchev–Trinajstić information content (AvgIpc) is 3.10. The van der Waals surface area contributed by atoms with Crippen molar-refractivity contribution in [1.82, 2.24) is 0 Å². The fraction of sp³-hybridized carbons (Fsp3) is 0.333. The predicted molar refractivity (Wildman–Crippen MR) is 115 cm³/mol. The van der Waals surface area contributed by atoms with Crippen molar-refractivity contribution in [3.8, 4) is 5.75 Å². The Bertz CT molecular complexity index is 756. The van der Waals surface area contributed by atoms with Crippen LogP contribution in [-0.2, 0) is 6.42 Å². The normalized spacial score (nSPS) is 12.3. The topological polar surface area (TPSA) is 12.5 Å². The van der Waals surface area contributed by atoms with E-state index >= 15 is 0 Å². The van der Waals surface area contributed by atoms with Crippen molar-refractivity contribution in [1.29, 1.82) is 0 Å². The van der Waals surface area contributed by atoms with Gasteiger partial charge in [0.2, 0.25) is 0 Å². The van der Waals surface area contributed by atoms with Crippen LogP contribution in [0.2, 0.25) is 0 Å². The zero-order chi connectivity index (χ0) is 18.9. The van der Waals surface area contributed by atoms with Gasteiger partial charge in [-0.3, -0.25) is 0 Å². The molecule has 0 fully saturated rings. The van der Waals surface area contributed by atoms with Gasteiger partial charge in [0, 0.05) is 19.3 Å². The van der Waals surface area contributed by atoms with Crippen LogP contribution in [0.3, 0.4) is 0 Å². The number of allylic oxidation sites excluding steroid dienone is 2. The van der Waals surface area contributed by atoms with E-state index in [1.807, 2.05) is 19.9 Å². The maximum absolute atomic E-state index is 5.31. The van der Waals surface area contributed by atoms with Crippen molar-refractivity contribution in [2.75, 3.05) is 25.6 Å². The van der Waals surface area contributed by atoms with Crippen LogP contribution in [-0.4, -0.2) is 20.7 Å². The molecule has 138 valence electrons. The van der Waals surface area contributed by atoms with E-state index < -0.39 is 0 Å². The molecule has 2 aromatic rings. The number of hydrogen-bond acceptors (Lipinski definition) is 2. The van der Waals surface area contributed by atoms with E-state index in [0.29, 0.717) is 0 Å². The van der Waals surface area contributed by atoms with Gasteiger partial charge < -0.3 is 9.64 Å². The Labute approximate surface area is 158 Å². The molecule has 0 aliphatic heterocycles. The molecule has 0 radical (unpaired) electrons. The lowest BCUT2D eigenvalue weighted by atomic mass is 10.1. The number of methoxy groups -OCH3 is 1. The van der Waals surface area contributed by atoms with Crippen molar-refractivity contribution in [3.63, 3.8) is 0 Å². The van der Waals surface area contributed by atoms with Crippen LogP contribution in [0.15, 0.2) is 54.1 Å². The Balaban J connectivity index is 0.00000117. The number of nitrogens with zero attached hydrogens (tertiary/aromatic N) is 1. The van der Waals surface area contributed by atoms with Gasteiger partial charge in [-0.1, -0.05) is 57.2 Å². The minimum atomic E-state index is 0.930. The van der Waals surface area contributed by atoms with E-state index in [1.165, 1.54) is 28.0 Å². The summed E-state index contributed by atoms with van der Waals surface area (Å²) < 4.78 is 5.31. The standard InChI is InChI=1S/C22H25NO.C2H6/c1-4-13-23(2)21-10-7-17(8-11-21)5-6-18-14-19-9-12-22(24-3)16-20(19)15-18;1-2/h5-12,14,16H,4,13,15H2,1-3H3;1-2H3/b6-5+;. The quantitative estimate of drug-likeness (QED) is 0.614. The van der Waals surface area contributed by atoms with Crippen LogP contribution in [0.25, 0.3) is 12.2 Å². The van der Waals surface area contributed by atoms with Crippen molar-refractivity contribution in [3.05, 3.63) is 70.8 Å². The third kappa shape index (κ3) is 5.01. The van der Waals surface area contributed by atoms with Crippen molar-refractivity contribution >= 4 is 17.8 Å². The van der Waals surface area contributed by atoms with E-state index in [9.17, 15) is 0 Å². The van der Waals surface area contributed by atoms with E-state index in [-0.39, 0.29) is 0 Å². The van der Waals surface area contributed by atoms with Gasteiger partial charge in [-0.15, -0.1) is 0 Å². The van der Waals surface area contributed by atoms with Gasteiger partial charge in [-0.05, 0) is 59.4 Å². The van der Waals surface area contributed by atoms with Gasteiger partial charge in [0.1, 0.15) is 5.75 Å². The van der Waals surface area contributed by atoms with Crippen LogP contribution in [0.5, 0.6) is 5.75 Å². The van der Waals surface area contributed by atoms with Gasteiger partial charge in [-0.25, -0.2) is 0 Å². The van der Waals surface area contributed by atoms with Crippen LogP contribution in [0.1, 0.15) is 43.9 Å². The monoisotopic (exact) mass is 349 g/mol. The van der Waals surface area contributed by atoms with Gasteiger partial charge >= 0.3 is 0 Å². The first-order valence-electron chi connectivity index (χ1n) is 9.56. The molecule has 0 saturated heterocycles. The lowest BCUT2D eigenvalue weighted by Gasteiger charge is -2.18. The molecule has 0 saturated carbocycles. The lowest BCUT2D eigenvalue weighted by Crippen LogP contribution is -2.17.